The highest BCUT2D eigenvalue weighted by Crippen LogP contribution is 2.25. The van der Waals surface area contributed by atoms with E-state index in [1.54, 1.807) is 24.3 Å². The molecule has 1 saturated heterocycles. The highest BCUT2D eigenvalue weighted by molar-refractivity contribution is 6.05. The van der Waals surface area contributed by atoms with Gasteiger partial charge in [0.15, 0.2) is 11.6 Å². The number of pyridine rings is 1. The minimum Gasteiger partial charge on any atom is -0.481 e. The molecule has 0 aliphatic carbocycles. The molecular weight excluding hydrogens is 515 g/mol. The van der Waals surface area contributed by atoms with Gasteiger partial charge in [-0.2, -0.15) is 13.2 Å². The number of rotatable bonds is 7. The number of aromatic nitrogens is 3. The molecule has 0 spiro atoms. The Morgan fingerprint density at radius 2 is 1.82 bits per heavy atom. The van der Waals surface area contributed by atoms with Crippen molar-refractivity contribution in [2.45, 2.75) is 19.0 Å². The van der Waals surface area contributed by atoms with Crippen LogP contribution in [0.2, 0.25) is 0 Å². The largest absolute Gasteiger partial charge is 0.481 e. The first kappa shape index (κ1) is 27.2. The van der Waals surface area contributed by atoms with E-state index in [0.29, 0.717) is 43.1 Å². The Balaban J connectivity index is 1.45. The average Bonchev–Trinajstić information content (AvgIpc) is 2.93. The molecule has 0 radical (unpaired) electrons. The summed E-state index contributed by atoms with van der Waals surface area (Å²) >= 11 is 0. The highest BCUT2D eigenvalue weighted by Gasteiger charge is 2.35. The first-order chi connectivity index (χ1) is 18.6. The summed E-state index contributed by atoms with van der Waals surface area (Å²) in [4.78, 5) is 33.3. The molecule has 202 valence electrons. The van der Waals surface area contributed by atoms with Gasteiger partial charge in [0.25, 0.3) is 5.91 Å². The Bertz CT molecular complexity index is 1390. The number of carboxylic acids is 1. The Hall–Kier alpha value is -4.81. The number of nitrogens with one attached hydrogen (secondary N) is 1. The number of carboxylic acid groups (broad SMARTS) is 1. The number of benzene rings is 1. The minimum absolute atomic E-state index is 0.0191. The molecule has 4 N–H and O–H groups in total. The summed E-state index contributed by atoms with van der Waals surface area (Å²) in [7, 11) is 0. The Morgan fingerprint density at radius 3 is 2.44 bits per heavy atom. The maximum absolute atomic E-state index is 13.6. The minimum atomic E-state index is -4.81. The summed E-state index contributed by atoms with van der Waals surface area (Å²) in [6, 6.07) is 12.3. The number of aliphatic carboxylic acids is 1. The molecule has 1 amide bonds. The number of piperidine rings is 1. The number of amides is 1. The molecule has 3 aromatic rings. The van der Waals surface area contributed by atoms with Crippen LogP contribution in [0.3, 0.4) is 0 Å². The molecule has 10 nitrogen and oxygen atoms in total. The number of carbonyl (C=O) groups is 2. The fraction of sp³-hybridized carbons (Fsp3) is 0.231. The molecule has 0 unspecified atom stereocenters. The zero-order valence-corrected chi connectivity index (χ0v) is 20.5. The number of halogens is 3. The van der Waals surface area contributed by atoms with Crippen LogP contribution in [0.1, 0.15) is 28.8 Å². The molecule has 0 atom stereocenters. The molecule has 3 heterocycles. The van der Waals surface area contributed by atoms with Crippen molar-refractivity contribution in [2.75, 3.05) is 23.3 Å². The standard InChI is InChI=1S/C26H24F3N7O3/c27-26(28,29)21(14-20(30)18-4-2-10-31-15-18)32-22-6-7-23(35-34-22)33-24(37)17-3-1-5-19(13-17)36-11-8-16(9-12-36)25(38)39/h1-7,10,13-16H,8-9,11-12,30H2,(H,38,39)(H,33,35,37). The lowest BCUT2D eigenvalue weighted by atomic mass is 9.96. The van der Waals surface area contributed by atoms with Gasteiger partial charge in [0.2, 0.25) is 0 Å². The zero-order valence-electron chi connectivity index (χ0n) is 20.5. The van der Waals surface area contributed by atoms with Crippen molar-refractivity contribution in [1.82, 2.24) is 15.2 Å². The molecule has 2 aromatic heterocycles. The van der Waals surface area contributed by atoms with E-state index in [1.807, 2.05) is 11.0 Å². The molecule has 0 bridgehead atoms. The van der Waals surface area contributed by atoms with Crippen molar-refractivity contribution in [3.63, 3.8) is 0 Å². The summed E-state index contributed by atoms with van der Waals surface area (Å²) in [5.41, 5.74) is 5.73. The Morgan fingerprint density at radius 1 is 1.08 bits per heavy atom. The highest BCUT2D eigenvalue weighted by atomic mass is 19.4. The number of hydrogen-bond donors (Lipinski definition) is 3. The van der Waals surface area contributed by atoms with E-state index in [-0.39, 0.29) is 23.3 Å². The van der Waals surface area contributed by atoms with Crippen LogP contribution in [0.25, 0.3) is 5.70 Å². The van der Waals surface area contributed by atoms with Crippen LogP contribution in [0, 0.1) is 5.92 Å². The first-order valence-electron chi connectivity index (χ1n) is 11.9. The number of allylic oxidation sites excluding steroid dienone is 1. The van der Waals surface area contributed by atoms with Crippen LogP contribution in [0.4, 0.5) is 30.5 Å². The Labute approximate surface area is 221 Å². The lowest BCUT2D eigenvalue weighted by Gasteiger charge is -2.32. The second kappa shape index (κ2) is 11.7. The summed E-state index contributed by atoms with van der Waals surface area (Å²) in [6.07, 6.45) is -0.306. The van der Waals surface area contributed by atoms with E-state index in [0.717, 1.165) is 5.69 Å². The number of carbonyl (C=O) groups excluding carboxylic acids is 1. The van der Waals surface area contributed by atoms with Crippen molar-refractivity contribution in [2.24, 2.45) is 16.6 Å². The number of anilines is 2. The van der Waals surface area contributed by atoms with Crippen molar-refractivity contribution >= 4 is 40.6 Å². The van der Waals surface area contributed by atoms with Gasteiger partial charge in [-0.05, 0) is 61.4 Å². The quantitative estimate of drug-likeness (QED) is 0.381. The second-order valence-corrected chi connectivity index (χ2v) is 8.72. The third-order valence-electron chi connectivity index (χ3n) is 6.02. The van der Waals surface area contributed by atoms with Gasteiger partial charge in [-0.15, -0.1) is 10.2 Å². The molecule has 13 heteroatoms. The van der Waals surface area contributed by atoms with Crippen LogP contribution in [-0.2, 0) is 4.79 Å². The van der Waals surface area contributed by atoms with Crippen LogP contribution in [-0.4, -0.2) is 57.1 Å². The summed E-state index contributed by atoms with van der Waals surface area (Å²) in [5, 5.41) is 19.2. The number of hydrogen-bond acceptors (Lipinski definition) is 8. The van der Waals surface area contributed by atoms with Gasteiger partial charge >= 0.3 is 12.1 Å². The van der Waals surface area contributed by atoms with Gasteiger partial charge in [-0.1, -0.05) is 6.07 Å². The average molecular weight is 540 g/mol. The van der Waals surface area contributed by atoms with E-state index in [4.69, 9.17) is 5.73 Å². The number of alkyl halides is 3. The van der Waals surface area contributed by atoms with E-state index >= 15 is 0 Å². The summed E-state index contributed by atoms with van der Waals surface area (Å²) < 4.78 is 40.7. The lowest BCUT2D eigenvalue weighted by molar-refractivity contribution is -0.142. The molecule has 0 saturated carbocycles. The van der Waals surface area contributed by atoms with Gasteiger partial charge in [0.05, 0.1) is 5.92 Å². The van der Waals surface area contributed by atoms with Crippen molar-refractivity contribution in [1.29, 1.82) is 0 Å². The predicted molar refractivity (Wildman–Crippen MR) is 139 cm³/mol. The van der Waals surface area contributed by atoms with Crippen LogP contribution in [0.5, 0.6) is 0 Å². The van der Waals surface area contributed by atoms with E-state index in [9.17, 15) is 27.9 Å². The predicted octanol–water partition coefficient (Wildman–Crippen LogP) is 4.06. The first-order valence-corrected chi connectivity index (χ1v) is 11.9. The van der Waals surface area contributed by atoms with Gasteiger partial charge in [-0.25, -0.2) is 4.99 Å². The van der Waals surface area contributed by atoms with Crippen LogP contribution < -0.4 is 16.0 Å². The normalized spacial score (nSPS) is 15.2. The monoisotopic (exact) mass is 539 g/mol. The van der Waals surface area contributed by atoms with Crippen LogP contribution >= 0.6 is 0 Å². The van der Waals surface area contributed by atoms with Gasteiger partial charge < -0.3 is 21.1 Å². The third kappa shape index (κ3) is 7.15. The second-order valence-electron chi connectivity index (χ2n) is 8.72. The lowest BCUT2D eigenvalue weighted by Crippen LogP contribution is -2.36. The molecule has 1 aliphatic heterocycles. The number of aliphatic imine (C=N–C) groups is 1. The number of nitrogens with two attached hydrogens (primary N) is 1. The van der Waals surface area contributed by atoms with Gasteiger partial charge in [0.1, 0.15) is 5.71 Å². The molecule has 39 heavy (non-hydrogen) atoms. The SMILES string of the molecule is NC(=CC(=Nc1ccc(NC(=O)c2cccc(N3CCC(C(=O)O)CC3)c2)nn1)C(F)(F)F)c1cccnc1. The maximum Gasteiger partial charge on any atom is 0.433 e. The fourth-order valence-electron chi connectivity index (χ4n) is 3.93. The molecule has 1 aromatic carbocycles. The van der Waals surface area contributed by atoms with E-state index in [1.165, 1.54) is 30.6 Å². The maximum atomic E-state index is 13.6. The topological polar surface area (TPSA) is 147 Å². The molecule has 1 fully saturated rings. The zero-order chi connectivity index (χ0) is 28.0. The van der Waals surface area contributed by atoms with Gasteiger partial charge in [-0.3, -0.25) is 14.6 Å². The molecule has 4 rings (SSSR count). The van der Waals surface area contributed by atoms with Crippen LogP contribution in [0.15, 0.2) is 72.0 Å². The summed E-state index contributed by atoms with van der Waals surface area (Å²) in [5.74, 6) is -1.99. The van der Waals surface area contributed by atoms with Crippen molar-refractivity contribution in [3.05, 3.63) is 78.1 Å². The molecular formula is C26H24F3N7O3. The third-order valence-corrected chi connectivity index (χ3v) is 6.02. The molecule has 1 aliphatic rings. The van der Waals surface area contributed by atoms with Crippen molar-refractivity contribution < 1.29 is 27.9 Å². The van der Waals surface area contributed by atoms with Crippen molar-refractivity contribution in [3.8, 4) is 0 Å². The van der Waals surface area contributed by atoms with E-state index in [2.05, 4.69) is 25.5 Å². The van der Waals surface area contributed by atoms with Gasteiger partial charge in [0, 0.05) is 48.0 Å². The number of nitrogens with zero attached hydrogens (tertiary/aromatic N) is 5. The van der Waals surface area contributed by atoms with E-state index < -0.39 is 23.8 Å². The smallest absolute Gasteiger partial charge is 0.433 e. The Kier molecular flexibility index (Phi) is 8.18. The summed E-state index contributed by atoms with van der Waals surface area (Å²) in [6.45, 7) is 1.11. The fourth-order valence-corrected chi connectivity index (χ4v) is 3.93.